The molecule has 0 aliphatic rings. The average molecular weight is 525 g/mol. The normalized spacial score (nSPS) is 12.6. The first-order chi connectivity index (χ1) is 17.1. The summed E-state index contributed by atoms with van der Waals surface area (Å²) >= 11 is 0. The summed E-state index contributed by atoms with van der Waals surface area (Å²) in [7, 11) is -7.94. The number of nitrogens with zero attached hydrogens (tertiary/aromatic N) is 6. The van der Waals surface area contributed by atoms with Gasteiger partial charge in [0.2, 0.25) is 25.0 Å². The van der Waals surface area contributed by atoms with E-state index in [-0.39, 0.29) is 11.4 Å². The molecule has 0 spiro atoms. The molecule has 6 aromatic heterocycles. The minimum Gasteiger partial charge on any atom is -0.472 e. The third-order valence-electron chi connectivity index (χ3n) is 5.44. The number of fused-ring (bicyclic) bond motifs is 2. The SMILES string of the molecule is CS(=O)(=O)c1ncc(-c2ccc3[nH]nc(-c4nc5c(-c6ccoc6)nccc5[nH]4)c3n2)n1S(C)(=O)=O. The van der Waals surface area contributed by atoms with Crippen molar-refractivity contribution in [3.8, 4) is 34.2 Å². The molecular formula is C21H16N8O5S2. The van der Waals surface area contributed by atoms with Crippen molar-refractivity contribution < 1.29 is 21.3 Å². The maximum absolute atomic E-state index is 12.5. The molecule has 182 valence electrons. The van der Waals surface area contributed by atoms with Crippen LogP contribution in [-0.2, 0) is 19.9 Å². The molecule has 0 fully saturated rings. The fraction of sp³-hybridized carbons (Fsp3) is 0.0952. The highest BCUT2D eigenvalue weighted by Crippen LogP contribution is 2.31. The van der Waals surface area contributed by atoms with Crippen LogP contribution in [0.15, 0.2) is 58.8 Å². The Labute approximate surface area is 203 Å². The first-order valence-corrected chi connectivity index (χ1v) is 14.1. The lowest BCUT2D eigenvalue weighted by Crippen LogP contribution is -2.18. The molecule has 0 saturated carbocycles. The van der Waals surface area contributed by atoms with Gasteiger partial charge in [-0.05, 0) is 24.3 Å². The number of imidazole rings is 2. The summed E-state index contributed by atoms with van der Waals surface area (Å²) in [5.74, 6) is 0.409. The van der Waals surface area contributed by atoms with Crippen LogP contribution in [0.2, 0.25) is 0 Å². The third kappa shape index (κ3) is 3.47. The molecule has 36 heavy (non-hydrogen) atoms. The van der Waals surface area contributed by atoms with Crippen molar-refractivity contribution in [3.05, 3.63) is 49.2 Å². The molecule has 0 unspecified atom stereocenters. The highest BCUT2D eigenvalue weighted by atomic mass is 32.2. The maximum atomic E-state index is 12.5. The molecule has 0 saturated heterocycles. The Morgan fingerprint density at radius 3 is 2.44 bits per heavy atom. The van der Waals surface area contributed by atoms with E-state index in [2.05, 4.69) is 35.1 Å². The van der Waals surface area contributed by atoms with Gasteiger partial charge in [-0.3, -0.25) is 10.1 Å². The molecule has 0 aromatic carbocycles. The third-order valence-corrected chi connectivity index (χ3v) is 7.54. The Balaban J connectivity index is 1.54. The predicted octanol–water partition coefficient (Wildman–Crippen LogP) is 2.23. The van der Waals surface area contributed by atoms with Crippen LogP contribution in [0, 0.1) is 0 Å². The number of hydrogen-bond acceptors (Lipinski definition) is 10. The van der Waals surface area contributed by atoms with Gasteiger partial charge in [-0.1, -0.05) is 0 Å². The molecule has 0 radical (unpaired) electrons. The van der Waals surface area contributed by atoms with E-state index in [4.69, 9.17) is 4.42 Å². The summed E-state index contributed by atoms with van der Waals surface area (Å²) in [6.07, 6.45) is 7.72. The van der Waals surface area contributed by atoms with Crippen LogP contribution in [-0.4, -0.2) is 68.4 Å². The van der Waals surface area contributed by atoms with Gasteiger partial charge in [-0.25, -0.2) is 35.8 Å². The van der Waals surface area contributed by atoms with E-state index in [1.54, 1.807) is 43.0 Å². The Morgan fingerprint density at radius 1 is 0.917 bits per heavy atom. The zero-order valence-corrected chi connectivity index (χ0v) is 20.3. The van der Waals surface area contributed by atoms with Crippen LogP contribution in [0.4, 0.5) is 0 Å². The van der Waals surface area contributed by atoms with Crippen molar-refractivity contribution in [2.45, 2.75) is 5.16 Å². The first kappa shape index (κ1) is 22.1. The van der Waals surface area contributed by atoms with Crippen LogP contribution < -0.4 is 0 Å². The van der Waals surface area contributed by atoms with Crippen molar-refractivity contribution >= 4 is 41.9 Å². The Morgan fingerprint density at radius 2 is 1.72 bits per heavy atom. The summed E-state index contributed by atoms with van der Waals surface area (Å²) in [4.78, 5) is 20.7. The van der Waals surface area contributed by atoms with Gasteiger partial charge < -0.3 is 9.40 Å². The van der Waals surface area contributed by atoms with Gasteiger partial charge in [0.1, 0.15) is 22.4 Å². The van der Waals surface area contributed by atoms with E-state index >= 15 is 0 Å². The minimum atomic E-state index is -4.02. The number of H-pyrrole nitrogens is 2. The Hall–Kier alpha value is -4.37. The quantitative estimate of drug-likeness (QED) is 0.339. The lowest BCUT2D eigenvalue weighted by atomic mass is 10.2. The van der Waals surface area contributed by atoms with Crippen LogP contribution in [0.3, 0.4) is 0 Å². The summed E-state index contributed by atoms with van der Waals surface area (Å²) in [6.45, 7) is 0. The van der Waals surface area contributed by atoms with Gasteiger partial charge >= 0.3 is 0 Å². The summed E-state index contributed by atoms with van der Waals surface area (Å²) < 4.78 is 55.1. The second kappa shape index (κ2) is 7.56. The zero-order valence-electron chi connectivity index (χ0n) is 18.7. The van der Waals surface area contributed by atoms with Crippen molar-refractivity contribution in [2.75, 3.05) is 12.5 Å². The number of nitrogens with one attached hydrogen (secondary N) is 2. The molecule has 0 atom stereocenters. The topological polar surface area (TPSA) is 182 Å². The fourth-order valence-corrected chi connectivity index (χ4v) is 6.21. The number of sulfone groups is 1. The van der Waals surface area contributed by atoms with Gasteiger partial charge in [0.05, 0.1) is 41.7 Å². The summed E-state index contributed by atoms with van der Waals surface area (Å²) in [5.41, 5.74) is 4.25. The van der Waals surface area contributed by atoms with Crippen molar-refractivity contribution in [1.29, 1.82) is 0 Å². The first-order valence-electron chi connectivity index (χ1n) is 10.3. The molecule has 0 aliphatic heterocycles. The number of aromatic nitrogens is 8. The number of hydrogen-bond donors (Lipinski definition) is 2. The monoisotopic (exact) mass is 524 g/mol. The smallest absolute Gasteiger partial charge is 0.241 e. The Kier molecular flexibility index (Phi) is 4.65. The standard InChI is InChI=1S/C21H16N8O5S2/c1-35(30,31)21-23-9-15(29(21)36(2,32)33)12-3-4-14-18(24-12)19(28-27-14)20-25-13-5-7-22-16(17(13)26-20)11-6-8-34-10-11/h3-10H,1-2H3,(H,25,26)(H,27,28). The van der Waals surface area contributed by atoms with Crippen LogP contribution in [0.25, 0.3) is 56.2 Å². The molecule has 0 bridgehead atoms. The molecule has 6 rings (SSSR count). The second-order valence-corrected chi connectivity index (χ2v) is 11.8. The van der Waals surface area contributed by atoms with E-state index in [9.17, 15) is 16.8 Å². The molecule has 13 nitrogen and oxygen atoms in total. The molecule has 15 heteroatoms. The van der Waals surface area contributed by atoms with Gasteiger partial charge in [0.25, 0.3) is 0 Å². The lowest BCUT2D eigenvalue weighted by molar-refractivity contribution is 0.568. The maximum Gasteiger partial charge on any atom is 0.241 e. The van der Waals surface area contributed by atoms with E-state index in [0.29, 0.717) is 37.7 Å². The Bertz CT molecular complexity index is 2000. The van der Waals surface area contributed by atoms with E-state index in [0.717, 1.165) is 29.8 Å². The van der Waals surface area contributed by atoms with Crippen LogP contribution >= 0.6 is 0 Å². The minimum absolute atomic E-state index is 0.00280. The van der Waals surface area contributed by atoms with Crippen LogP contribution in [0.5, 0.6) is 0 Å². The molecule has 2 N–H and O–H groups in total. The number of pyridine rings is 2. The van der Waals surface area contributed by atoms with Gasteiger partial charge in [-0.2, -0.15) is 5.10 Å². The van der Waals surface area contributed by atoms with Crippen molar-refractivity contribution in [2.24, 2.45) is 0 Å². The molecule has 0 aliphatic carbocycles. The molecule has 6 heterocycles. The largest absolute Gasteiger partial charge is 0.472 e. The van der Waals surface area contributed by atoms with Gasteiger partial charge in [-0.15, -0.1) is 0 Å². The second-order valence-electron chi connectivity index (χ2n) is 8.04. The number of aromatic amines is 2. The zero-order chi connectivity index (χ0) is 25.2. The number of furan rings is 1. The van der Waals surface area contributed by atoms with Gasteiger partial charge in [0.15, 0.2) is 11.5 Å². The van der Waals surface area contributed by atoms with Gasteiger partial charge in [0, 0.05) is 18.0 Å². The van der Waals surface area contributed by atoms with E-state index in [1.807, 2.05) is 0 Å². The summed E-state index contributed by atoms with van der Waals surface area (Å²) in [6, 6.07) is 6.77. The molecule has 6 aromatic rings. The number of rotatable bonds is 5. The average Bonchev–Trinajstić information content (AvgIpc) is 3.61. The van der Waals surface area contributed by atoms with Crippen molar-refractivity contribution in [3.63, 3.8) is 0 Å². The highest BCUT2D eigenvalue weighted by molar-refractivity contribution is 7.92. The van der Waals surface area contributed by atoms with Crippen molar-refractivity contribution in [1.82, 2.24) is 39.1 Å². The molecule has 0 amide bonds. The molecular weight excluding hydrogens is 508 g/mol. The lowest BCUT2D eigenvalue weighted by Gasteiger charge is -2.08. The van der Waals surface area contributed by atoms with E-state index in [1.165, 1.54) is 0 Å². The van der Waals surface area contributed by atoms with E-state index < -0.39 is 25.0 Å². The highest BCUT2D eigenvalue weighted by Gasteiger charge is 2.27. The predicted molar refractivity (Wildman–Crippen MR) is 129 cm³/mol. The van der Waals surface area contributed by atoms with Crippen LogP contribution in [0.1, 0.15) is 0 Å². The fourth-order valence-electron chi connectivity index (χ4n) is 3.93. The summed E-state index contributed by atoms with van der Waals surface area (Å²) in [5, 5.41) is 6.64.